The summed E-state index contributed by atoms with van der Waals surface area (Å²) in [7, 11) is 0. The average Bonchev–Trinajstić information content (AvgIpc) is 3.02. The Hall–Kier alpha value is -1.03. The predicted octanol–water partition coefficient (Wildman–Crippen LogP) is 4.73. The van der Waals surface area contributed by atoms with Crippen LogP contribution in [0.15, 0.2) is 35.0 Å². The highest BCUT2D eigenvalue weighted by Crippen LogP contribution is 2.22. The van der Waals surface area contributed by atoms with Crippen LogP contribution in [0.25, 0.3) is 11.0 Å². The third-order valence-corrected chi connectivity index (χ3v) is 4.32. The van der Waals surface area contributed by atoms with E-state index in [1.165, 1.54) is 5.56 Å². The van der Waals surface area contributed by atoms with Crippen LogP contribution in [0.4, 0.5) is 0 Å². The summed E-state index contributed by atoms with van der Waals surface area (Å²) in [5.74, 6) is 1.31. The van der Waals surface area contributed by atoms with Gasteiger partial charge in [0, 0.05) is 11.6 Å². The number of aromatic nitrogens is 2. The number of aryl methyl sites for hydroxylation is 2. The fourth-order valence-corrected chi connectivity index (χ4v) is 3.25. The molecule has 0 aliphatic rings. The van der Waals surface area contributed by atoms with Crippen molar-refractivity contribution in [3.05, 3.63) is 51.4 Å². The Morgan fingerprint density at radius 3 is 2.89 bits per heavy atom. The molecule has 0 unspecified atom stereocenters. The minimum atomic E-state index is 0.413. The first-order chi connectivity index (χ1) is 9.28. The first-order valence-corrected chi connectivity index (χ1v) is 7.85. The van der Waals surface area contributed by atoms with Crippen molar-refractivity contribution >= 4 is 45.6 Å². The largest absolute Gasteiger partial charge is 0.327 e. The third kappa shape index (κ3) is 2.64. The van der Waals surface area contributed by atoms with Gasteiger partial charge in [-0.1, -0.05) is 11.6 Å². The number of thiophene rings is 1. The van der Waals surface area contributed by atoms with Gasteiger partial charge < -0.3 is 4.57 Å². The summed E-state index contributed by atoms with van der Waals surface area (Å²) >= 11 is 13.7. The molecule has 0 atom stereocenters. The smallest absolute Gasteiger partial charge is 0.124 e. The summed E-state index contributed by atoms with van der Waals surface area (Å²) in [5, 5.41) is 4.98. The van der Waals surface area contributed by atoms with Crippen LogP contribution >= 0.6 is 34.5 Å². The summed E-state index contributed by atoms with van der Waals surface area (Å²) in [4.78, 5) is 4.54. The number of hydrogen-bond donors (Lipinski definition) is 0. The number of imidazole rings is 1. The summed E-state index contributed by atoms with van der Waals surface area (Å²) in [6, 6.07) is 7.94. The molecule has 2 heterocycles. The number of hydrogen-bond acceptors (Lipinski definition) is 2. The molecule has 0 spiro atoms. The Kier molecular flexibility index (Phi) is 3.78. The van der Waals surface area contributed by atoms with Gasteiger partial charge in [-0.15, -0.1) is 11.6 Å². The standard InChI is InChI=1S/C14H12Cl2N2S/c15-8-14-17-12-7-11(16)1-2-13(12)18(14)5-3-10-4-6-19-9-10/h1-2,4,6-7,9H,3,5,8H2. The normalized spacial score (nSPS) is 11.3. The molecular formula is C14H12Cl2N2S. The van der Waals surface area contributed by atoms with Crippen LogP contribution in [0.5, 0.6) is 0 Å². The Morgan fingerprint density at radius 1 is 1.26 bits per heavy atom. The van der Waals surface area contributed by atoms with Crippen molar-refractivity contribution in [2.75, 3.05) is 0 Å². The van der Waals surface area contributed by atoms with Gasteiger partial charge in [-0.25, -0.2) is 4.98 Å². The molecule has 19 heavy (non-hydrogen) atoms. The minimum absolute atomic E-state index is 0.413. The quantitative estimate of drug-likeness (QED) is 0.637. The van der Waals surface area contributed by atoms with Crippen LogP contribution in [-0.2, 0) is 18.8 Å². The highest BCUT2D eigenvalue weighted by atomic mass is 35.5. The second-order valence-electron chi connectivity index (χ2n) is 4.33. The monoisotopic (exact) mass is 310 g/mol. The fourth-order valence-electron chi connectivity index (χ4n) is 2.18. The van der Waals surface area contributed by atoms with Crippen LogP contribution in [-0.4, -0.2) is 9.55 Å². The van der Waals surface area contributed by atoms with Gasteiger partial charge in [0.25, 0.3) is 0 Å². The zero-order chi connectivity index (χ0) is 13.2. The van der Waals surface area contributed by atoms with E-state index in [2.05, 4.69) is 26.4 Å². The van der Waals surface area contributed by atoms with E-state index in [0.29, 0.717) is 10.9 Å². The van der Waals surface area contributed by atoms with Gasteiger partial charge in [-0.3, -0.25) is 0 Å². The summed E-state index contributed by atoms with van der Waals surface area (Å²) in [6.07, 6.45) is 0.988. The molecule has 0 saturated carbocycles. The van der Waals surface area contributed by atoms with Gasteiger partial charge in [0.15, 0.2) is 0 Å². The molecule has 2 aromatic heterocycles. The maximum absolute atomic E-state index is 6.00. The maximum atomic E-state index is 6.00. The van der Waals surface area contributed by atoms with Gasteiger partial charge in [0.2, 0.25) is 0 Å². The van der Waals surface area contributed by atoms with Crippen LogP contribution in [0, 0.1) is 0 Å². The Bertz CT molecular complexity index is 689. The molecular weight excluding hydrogens is 299 g/mol. The van der Waals surface area contributed by atoms with Crippen LogP contribution in [0.1, 0.15) is 11.4 Å². The van der Waals surface area contributed by atoms with E-state index in [1.807, 2.05) is 18.2 Å². The van der Waals surface area contributed by atoms with Crippen molar-refractivity contribution in [3.63, 3.8) is 0 Å². The molecule has 0 aliphatic carbocycles. The maximum Gasteiger partial charge on any atom is 0.124 e. The van der Waals surface area contributed by atoms with Gasteiger partial charge in [0.1, 0.15) is 5.82 Å². The van der Waals surface area contributed by atoms with Crippen LogP contribution in [0.2, 0.25) is 5.02 Å². The molecule has 98 valence electrons. The van der Waals surface area contributed by atoms with Gasteiger partial charge >= 0.3 is 0 Å². The molecule has 0 amide bonds. The van der Waals surface area contributed by atoms with E-state index < -0.39 is 0 Å². The molecule has 0 saturated heterocycles. The molecule has 0 bridgehead atoms. The third-order valence-electron chi connectivity index (χ3n) is 3.11. The molecule has 0 N–H and O–H groups in total. The summed E-state index contributed by atoms with van der Waals surface area (Å²) in [5.41, 5.74) is 3.35. The van der Waals surface area contributed by atoms with Crippen molar-refractivity contribution in [3.8, 4) is 0 Å². The number of fused-ring (bicyclic) bond motifs is 1. The van der Waals surface area contributed by atoms with E-state index in [9.17, 15) is 0 Å². The van der Waals surface area contributed by atoms with E-state index >= 15 is 0 Å². The lowest BCUT2D eigenvalue weighted by Gasteiger charge is -2.06. The molecule has 0 radical (unpaired) electrons. The second kappa shape index (κ2) is 5.53. The van der Waals surface area contributed by atoms with Crippen LogP contribution < -0.4 is 0 Å². The molecule has 0 aliphatic heterocycles. The van der Waals surface area contributed by atoms with Crippen LogP contribution in [0.3, 0.4) is 0 Å². The average molecular weight is 311 g/mol. The van der Waals surface area contributed by atoms with E-state index in [-0.39, 0.29) is 0 Å². The number of benzene rings is 1. The van der Waals surface area contributed by atoms with Crippen molar-refractivity contribution in [1.29, 1.82) is 0 Å². The molecule has 0 fully saturated rings. The lowest BCUT2D eigenvalue weighted by atomic mass is 10.2. The van der Waals surface area contributed by atoms with Crippen molar-refractivity contribution in [2.24, 2.45) is 0 Å². The highest BCUT2D eigenvalue weighted by molar-refractivity contribution is 7.07. The van der Waals surface area contributed by atoms with Gasteiger partial charge in [-0.05, 0) is 47.0 Å². The topological polar surface area (TPSA) is 17.8 Å². The van der Waals surface area contributed by atoms with Crippen molar-refractivity contribution in [2.45, 2.75) is 18.8 Å². The van der Waals surface area contributed by atoms with E-state index in [0.717, 1.165) is 29.8 Å². The minimum Gasteiger partial charge on any atom is -0.327 e. The zero-order valence-corrected chi connectivity index (χ0v) is 12.5. The molecule has 3 aromatic rings. The lowest BCUT2D eigenvalue weighted by Crippen LogP contribution is -2.04. The zero-order valence-electron chi connectivity index (χ0n) is 10.1. The Labute approximate surface area is 125 Å². The summed E-state index contributed by atoms with van der Waals surface area (Å²) in [6.45, 7) is 0.886. The SMILES string of the molecule is ClCc1nc2cc(Cl)ccc2n1CCc1ccsc1. The molecule has 2 nitrogen and oxygen atoms in total. The first kappa shape index (κ1) is 13.0. The van der Waals surface area contributed by atoms with Gasteiger partial charge in [0.05, 0.1) is 16.9 Å². The molecule has 3 rings (SSSR count). The lowest BCUT2D eigenvalue weighted by molar-refractivity contribution is 0.689. The number of nitrogens with zero attached hydrogens (tertiary/aromatic N) is 2. The summed E-state index contributed by atoms with van der Waals surface area (Å²) < 4.78 is 2.18. The number of rotatable bonds is 4. The number of alkyl halides is 1. The fraction of sp³-hybridized carbons (Fsp3) is 0.214. The predicted molar refractivity (Wildman–Crippen MR) is 82.3 cm³/mol. The van der Waals surface area contributed by atoms with Crippen molar-refractivity contribution < 1.29 is 0 Å². The highest BCUT2D eigenvalue weighted by Gasteiger charge is 2.10. The number of halogens is 2. The van der Waals surface area contributed by atoms with Crippen molar-refractivity contribution in [1.82, 2.24) is 9.55 Å². The Balaban J connectivity index is 1.96. The molecule has 5 heteroatoms. The van der Waals surface area contributed by atoms with E-state index in [4.69, 9.17) is 23.2 Å². The second-order valence-corrected chi connectivity index (χ2v) is 5.81. The van der Waals surface area contributed by atoms with Gasteiger partial charge in [-0.2, -0.15) is 11.3 Å². The first-order valence-electron chi connectivity index (χ1n) is 5.99. The van der Waals surface area contributed by atoms with E-state index in [1.54, 1.807) is 11.3 Å². The molecule has 1 aromatic carbocycles. The Morgan fingerprint density at radius 2 is 2.16 bits per heavy atom.